The molecule has 2 N–H and O–H groups in total. The van der Waals surface area contributed by atoms with Gasteiger partial charge in [0.15, 0.2) is 11.6 Å². The van der Waals surface area contributed by atoms with Crippen LogP contribution in [0.2, 0.25) is 0 Å². The van der Waals surface area contributed by atoms with Gasteiger partial charge in [-0.25, -0.2) is 13.6 Å². The van der Waals surface area contributed by atoms with E-state index in [-0.39, 0.29) is 25.0 Å². The number of benzene rings is 1. The van der Waals surface area contributed by atoms with E-state index in [1.165, 1.54) is 18.0 Å². The summed E-state index contributed by atoms with van der Waals surface area (Å²) in [5, 5.41) is 5.95. The molecule has 0 aromatic heterocycles. The molecule has 1 aromatic rings. The van der Waals surface area contributed by atoms with Crippen molar-refractivity contribution in [3.8, 4) is 0 Å². The van der Waals surface area contributed by atoms with Gasteiger partial charge in [-0.3, -0.25) is 14.5 Å². The van der Waals surface area contributed by atoms with Gasteiger partial charge in [0, 0.05) is 25.6 Å². The van der Waals surface area contributed by atoms with Crippen LogP contribution in [0, 0.1) is 11.6 Å². The number of likely N-dealkylation sites (N-methyl/N-ethyl adjacent to an activating group) is 1. The highest BCUT2D eigenvalue weighted by Crippen LogP contribution is 2.27. The van der Waals surface area contributed by atoms with Crippen LogP contribution in [0.5, 0.6) is 0 Å². The molecule has 2 saturated heterocycles. The molecule has 26 heavy (non-hydrogen) atoms. The fraction of sp³-hybridized carbons (Fsp3) is 0.471. The largest absolute Gasteiger partial charge is 0.350 e. The van der Waals surface area contributed by atoms with Gasteiger partial charge in [0.1, 0.15) is 13.1 Å². The standard InChI is InChI=1S/C17H20F2N4O3/c1-22-9-16(25)23(17(22)26)8-15(24)21-14-7-20-5-4-11(14)10-2-3-12(18)13(19)6-10/h2-3,6,11,14,20H,4-5,7-9H2,1H3,(H,21,24). The fourth-order valence-electron chi connectivity index (χ4n) is 3.37. The van der Waals surface area contributed by atoms with E-state index < -0.39 is 29.5 Å². The van der Waals surface area contributed by atoms with Crippen LogP contribution in [0.25, 0.3) is 0 Å². The number of nitrogens with zero attached hydrogens (tertiary/aromatic N) is 2. The number of amides is 4. The summed E-state index contributed by atoms with van der Waals surface area (Å²) in [6.45, 7) is 0.735. The van der Waals surface area contributed by atoms with Crippen molar-refractivity contribution in [1.82, 2.24) is 20.4 Å². The quantitative estimate of drug-likeness (QED) is 0.757. The molecule has 2 unspecified atom stereocenters. The lowest BCUT2D eigenvalue weighted by atomic mass is 9.86. The monoisotopic (exact) mass is 366 g/mol. The molecule has 3 rings (SSSR count). The van der Waals surface area contributed by atoms with Gasteiger partial charge in [0.05, 0.1) is 0 Å². The molecule has 0 radical (unpaired) electrons. The predicted octanol–water partition coefficient (Wildman–Crippen LogP) is 0.421. The topological polar surface area (TPSA) is 81.8 Å². The second-order valence-electron chi connectivity index (χ2n) is 6.57. The molecule has 0 aliphatic carbocycles. The van der Waals surface area contributed by atoms with Gasteiger partial charge < -0.3 is 15.5 Å². The van der Waals surface area contributed by atoms with E-state index in [1.807, 2.05) is 0 Å². The maximum atomic E-state index is 13.6. The summed E-state index contributed by atoms with van der Waals surface area (Å²) in [6.07, 6.45) is 0.639. The van der Waals surface area contributed by atoms with Crippen LogP contribution in [0.4, 0.5) is 13.6 Å². The van der Waals surface area contributed by atoms with Gasteiger partial charge in [-0.05, 0) is 30.7 Å². The lowest BCUT2D eigenvalue weighted by Crippen LogP contribution is -2.52. The van der Waals surface area contributed by atoms with Crippen LogP contribution in [0.3, 0.4) is 0 Å². The fourth-order valence-corrected chi connectivity index (χ4v) is 3.37. The molecule has 2 atom stereocenters. The SMILES string of the molecule is CN1CC(=O)N(CC(=O)NC2CNCCC2c2ccc(F)c(F)c2)C1=O. The first-order chi connectivity index (χ1) is 12.4. The number of nitrogens with one attached hydrogen (secondary N) is 2. The van der Waals surface area contributed by atoms with E-state index in [0.717, 1.165) is 17.0 Å². The summed E-state index contributed by atoms with van der Waals surface area (Å²) in [7, 11) is 1.49. The van der Waals surface area contributed by atoms with Crippen molar-refractivity contribution >= 4 is 17.8 Å². The van der Waals surface area contributed by atoms with Gasteiger partial charge in [-0.1, -0.05) is 6.07 Å². The third-order valence-corrected chi connectivity index (χ3v) is 4.73. The van der Waals surface area contributed by atoms with Crippen LogP contribution >= 0.6 is 0 Å². The molecule has 2 aliphatic heterocycles. The van der Waals surface area contributed by atoms with Crippen molar-refractivity contribution < 1.29 is 23.2 Å². The second kappa shape index (κ2) is 7.36. The third kappa shape index (κ3) is 3.67. The Bertz CT molecular complexity index is 743. The average Bonchev–Trinajstić information content (AvgIpc) is 2.84. The van der Waals surface area contributed by atoms with E-state index in [9.17, 15) is 23.2 Å². The highest BCUT2D eigenvalue weighted by Gasteiger charge is 2.36. The minimum absolute atomic E-state index is 0.0470. The molecule has 4 amide bonds. The van der Waals surface area contributed by atoms with E-state index >= 15 is 0 Å². The molecule has 0 spiro atoms. The zero-order valence-electron chi connectivity index (χ0n) is 14.3. The molecule has 2 heterocycles. The molecule has 1 aromatic carbocycles. The predicted molar refractivity (Wildman–Crippen MR) is 88.3 cm³/mol. The van der Waals surface area contributed by atoms with Gasteiger partial charge in [-0.2, -0.15) is 0 Å². The van der Waals surface area contributed by atoms with Crippen molar-refractivity contribution in [1.29, 1.82) is 0 Å². The van der Waals surface area contributed by atoms with Crippen molar-refractivity contribution in [2.24, 2.45) is 0 Å². The molecule has 2 fully saturated rings. The number of imide groups is 1. The number of hydrogen-bond donors (Lipinski definition) is 2. The van der Waals surface area contributed by atoms with Crippen molar-refractivity contribution in [2.45, 2.75) is 18.4 Å². The minimum Gasteiger partial charge on any atom is -0.350 e. The average molecular weight is 366 g/mol. The summed E-state index contributed by atoms with van der Waals surface area (Å²) in [5.74, 6) is -2.93. The number of carbonyl (C=O) groups excluding carboxylic acids is 3. The molecular weight excluding hydrogens is 346 g/mol. The van der Waals surface area contributed by atoms with E-state index in [0.29, 0.717) is 25.1 Å². The number of piperidine rings is 1. The van der Waals surface area contributed by atoms with E-state index in [4.69, 9.17) is 0 Å². The molecule has 0 bridgehead atoms. The Labute approximate surface area is 149 Å². The minimum atomic E-state index is -0.928. The summed E-state index contributed by atoms with van der Waals surface area (Å²) < 4.78 is 26.7. The Morgan fingerprint density at radius 2 is 2.08 bits per heavy atom. The maximum Gasteiger partial charge on any atom is 0.327 e. The van der Waals surface area contributed by atoms with Crippen molar-refractivity contribution in [3.05, 3.63) is 35.4 Å². The van der Waals surface area contributed by atoms with Gasteiger partial charge in [0.25, 0.3) is 5.91 Å². The molecule has 7 nitrogen and oxygen atoms in total. The highest BCUT2D eigenvalue weighted by atomic mass is 19.2. The second-order valence-corrected chi connectivity index (χ2v) is 6.57. The number of rotatable bonds is 4. The number of urea groups is 1. The first kappa shape index (κ1) is 18.2. The molecule has 9 heteroatoms. The summed E-state index contributed by atoms with van der Waals surface area (Å²) >= 11 is 0. The van der Waals surface area contributed by atoms with Crippen LogP contribution in [-0.4, -0.2) is 66.9 Å². The van der Waals surface area contributed by atoms with Crippen LogP contribution < -0.4 is 10.6 Å². The smallest absolute Gasteiger partial charge is 0.327 e. The van der Waals surface area contributed by atoms with Gasteiger partial charge in [0.2, 0.25) is 5.91 Å². The number of halogens is 2. The highest BCUT2D eigenvalue weighted by molar-refractivity contribution is 6.04. The Morgan fingerprint density at radius 1 is 1.31 bits per heavy atom. The van der Waals surface area contributed by atoms with E-state index in [2.05, 4.69) is 10.6 Å². The number of carbonyl (C=O) groups is 3. The van der Waals surface area contributed by atoms with Gasteiger partial charge in [-0.15, -0.1) is 0 Å². The molecule has 0 saturated carbocycles. The Kier molecular flexibility index (Phi) is 5.17. The summed E-state index contributed by atoms with van der Waals surface area (Å²) in [6, 6.07) is 2.86. The van der Waals surface area contributed by atoms with E-state index in [1.54, 1.807) is 0 Å². The zero-order valence-corrected chi connectivity index (χ0v) is 14.3. The summed E-state index contributed by atoms with van der Waals surface area (Å²) in [5.41, 5.74) is 0.601. The zero-order chi connectivity index (χ0) is 18.8. The normalized spacial score (nSPS) is 23.5. The number of hydrogen-bond acceptors (Lipinski definition) is 4. The van der Waals surface area contributed by atoms with Crippen molar-refractivity contribution in [2.75, 3.05) is 33.2 Å². The molecule has 140 valence electrons. The molecular formula is C17H20F2N4O3. The third-order valence-electron chi connectivity index (χ3n) is 4.73. The maximum absolute atomic E-state index is 13.6. The van der Waals surface area contributed by atoms with Crippen LogP contribution in [0.15, 0.2) is 18.2 Å². The lowest BCUT2D eigenvalue weighted by Gasteiger charge is -2.33. The Hall–Kier alpha value is -2.55. The Balaban J connectivity index is 1.68. The van der Waals surface area contributed by atoms with Crippen molar-refractivity contribution in [3.63, 3.8) is 0 Å². The summed E-state index contributed by atoms with van der Waals surface area (Å²) in [4.78, 5) is 38.1. The van der Waals surface area contributed by atoms with Crippen LogP contribution in [0.1, 0.15) is 17.9 Å². The lowest BCUT2D eigenvalue weighted by molar-refractivity contribution is -0.131. The first-order valence-electron chi connectivity index (χ1n) is 8.37. The molecule has 2 aliphatic rings. The first-order valence-corrected chi connectivity index (χ1v) is 8.37. The Morgan fingerprint density at radius 3 is 2.73 bits per heavy atom. The van der Waals surface area contributed by atoms with Crippen LogP contribution in [-0.2, 0) is 9.59 Å². The van der Waals surface area contributed by atoms with Gasteiger partial charge >= 0.3 is 6.03 Å².